The van der Waals surface area contributed by atoms with Gasteiger partial charge in [-0.1, -0.05) is 30.3 Å². The molecule has 0 bridgehead atoms. The lowest BCUT2D eigenvalue weighted by Crippen LogP contribution is -1.87. The zero-order chi connectivity index (χ0) is 8.81. The average Bonchev–Trinajstić information content (AvgIpc) is 2.06. The van der Waals surface area contributed by atoms with Gasteiger partial charge in [0.25, 0.3) is 0 Å². The van der Waals surface area contributed by atoms with E-state index in [1.807, 2.05) is 30.3 Å². The summed E-state index contributed by atoms with van der Waals surface area (Å²) >= 11 is 0. The highest BCUT2D eigenvalue weighted by atomic mass is 16.3. The van der Waals surface area contributed by atoms with Crippen LogP contribution < -0.4 is 0 Å². The van der Waals surface area contributed by atoms with Crippen molar-refractivity contribution in [2.24, 2.45) is 0 Å². The van der Waals surface area contributed by atoms with Gasteiger partial charge in [0, 0.05) is 6.42 Å². The largest absolute Gasteiger partial charge is 0.505 e. The van der Waals surface area contributed by atoms with E-state index in [1.165, 1.54) is 0 Å². The fourth-order valence-electron chi connectivity index (χ4n) is 0.917. The van der Waals surface area contributed by atoms with Gasteiger partial charge in [-0.25, -0.2) is 0 Å². The molecular formula is C9H9N2O+. The normalized spacial score (nSPS) is 10.8. The van der Waals surface area contributed by atoms with Gasteiger partial charge in [-0.15, -0.1) is 0 Å². The molecule has 1 aromatic rings. The van der Waals surface area contributed by atoms with E-state index in [2.05, 4.69) is 4.98 Å². The summed E-state index contributed by atoms with van der Waals surface area (Å²) < 4.78 is 0. The molecule has 0 unspecified atom stereocenters. The minimum atomic E-state index is 0.0451. The van der Waals surface area contributed by atoms with Crippen LogP contribution in [-0.4, -0.2) is 5.11 Å². The monoisotopic (exact) mass is 161 g/mol. The lowest BCUT2D eigenvalue weighted by Gasteiger charge is -1.94. The zero-order valence-corrected chi connectivity index (χ0v) is 6.51. The summed E-state index contributed by atoms with van der Waals surface area (Å²) in [5.74, 6) is 0.0451. The van der Waals surface area contributed by atoms with Crippen LogP contribution in [0, 0.1) is 5.39 Å². The molecule has 12 heavy (non-hydrogen) atoms. The highest BCUT2D eigenvalue weighted by molar-refractivity contribution is 5.19. The van der Waals surface area contributed by atoms with Crippen LogP contribution in [0.5, 0.6) is 0 Å². The summed E-state index contributed by atoms with van der Waals surface area (Å²) in [5.41, 5.74) is 0.981. The standard InChI is InChI=1S/C9H8N2O/c10-11-7-9(12)6-8-4-2-1-3-5-8/h1-5,7H,6H2/p+1/b9-7-. The van der Waals surface area contributed by atoms with E-state index < -0.39 is 0 Å². The van der Waals surface area contributed by atoms with Crippen molar-refractivity contribution in [3.63, 3.8) is 0 Å². The van der Waals surface area contributed by atoms with Gasteiger partial charge in [0.15, 0.2) is 10.7 Å². The van der Waals surface area contributed by atoms with E-state index in [0.29, 0.717) is 6.42 Å². The molecule has 0 atom stereocenters. The smallest absolute Gasteiger partial charge is 0.387 e. The zero-order valence-electron chi connectivity index (χ0n) is 6.51. The number of rotatable bonds is 2. The highest BCUT2D eigenvalue weighted by Crippen LogP contribution is 2.04. The Morgan fingerprint density at radius 1 is 1.42 bits per heavy atom. The van der Waals surface area contributed by atoms with Gasteiger partial charge in [-0.05, 0) is 5.56 Å². The summed E-state index contributed by atoms with van der Waals surface area (Å²) in [4.78, 5) is 2.72. The quantitative estimate of drug-likeness (QED) is 0.535. The van der Waals surface area contributed by atoms with Gasteiger partial charge in [0.1, 0.15) is 0 Å². The summed E-state index contributed by atoms with van der Waals surface area (Å²) in [5, 5.41) is 17.2. The lowest BCUT2D eigenvalue weighted by atomic mass is 10.1. The second kappa shape index (κ2) is 4.14. The molecule has 0 saturated carbocycles. The second-order valence-electron chi connectivity index (χ2n) is 2.40. The maximum absolute atomic E-state index is 9.11. The van der Waals surface area contributed by atoms with Crippen molar-refractivity contribution in [1.82, 2.24) is 0 Å². The van der Waals surface area contributed by atoms with Gasteiger partial charge in [-0.2, -0.15) is 0 Å². The lowest BCUT2D eigenvalue weighted by molar-refractivity contribution is 0.398. The predicted molar refractivity (Wildman–Crippen MR) is 45.9 cm³/mol. The number of diazo groups is 1. The van der Waals surface area contributed by atoms with Gasteiger partial charge < -0.3 is 5.11 Å². The first-order valence-corrected chi connectivity index (χ1v) is 3.59. The fourth-order valence-corrected chi connectivity index (χ4v) is 0.917. The topological polar surface area (TPSA) is 48.4 Å². The van der Waals surface area contributed by atoms with Crippen LogP contribution in [0.25, 0.3) is 4.98 Å². The maximum atomic E-state index is 9.11. The molecule has 1 rings (SSSR count). The summed E-state index contributed by atoms with van der Waals surface area (Å²) in [6.07, 6.45) is 1.41. The molecule has 0 aliphatic carbocycles. The van der Waals surface area contributed by atoms with Crippen molar-refractivity contribution >= 4 is 0 Å². The third-order valence-electron chi connectivity index (χ3n) is 1.43. The summed E-state index contributed by atoms with van der Waals surface area (Å²) in [6.45, 7) is 0. The number of aliphatic hydroxyl groups is 1. The molecule has 1 N–H and O–H groups in total. The Morgan fingerprint density at radius 2 is 2.08 bits per heavy atom. The third kappa shape index (κ3) is 2.43. The van der Waals surface area contributed by atoms with Crippen molar-refractivity contribution in [2.75, 3.05) is 0 Å². The molecule has 0 saturated heterocycles. The maximum Gasteiger partial charge on any atom is 0.387 e. The van der Waals surface area contributed by atoms with Crippen LogP contribution >= 0.6 is 0 Å². The second-order valence-corrected chi connectivity index (χ2v) is 2.40. The van der Waals surface area contributed by atoms with Crippen molar-refractivity contribution in [2.45, 2.75) is 6.42 Å². The number of hydrogen-bond donors (Lipinski definition) is 1. The van der Waals surface area contributed by atoms with E-state index in [0.717, 1.165) is 11.8 Å². The first kappa shape index (κ1) is 8.28. The number of benzene rings is 1. The van der Waals surface area contributed by atoms with Crippen LogP contribution in [0.4, 0.5) is 0 Å². The minimum absolute atomic E-state index is 0.0451. The third-order valence-corrected chi connectivity index (χ3v) is 1.43. The molecule has 0 aliphatic heterocycles. The van der Waals surface area contributed by atoms with E-state index in [-0.39, 0.29) is 5.76 Å². The molecule has 3 nitrogen and oxygen atoms in total. The molecule has 0 radical (unpaired) electrons. The molecular weight excluding hydrogens is 152 g/mol. The molecule has 0 amide bonds. The van der Waals surface area contributed by atoms with Crippen LogP contribution in [0.2, 0.25) is 0 Å². The van der Waals surface area contributed by atoms with Gasteiger partial charge in [-0.3, -0.25) is 0 Å². The van der Waals surface area contributed by atoms with Crippen LogP contribution in [0.1, 0.15) is 5.56 Å². The molecule has 0 spiro atoms. The van der Waals surface area contributed by atoms with Gasteiger partial charge in [0.05, 0.1) is 0 Å². The molecule has 60 valence electrons. The Labute approximate surface area is 70.6 Å². The summed E-state index contributed by atoms with van der Waals surface area (Å²) in [6, 6.07) is 9.46. The molecule has 0 heterocycles. The molecule has 1 aromatic carbocycles. The first-order chi connectivity index (χ1) is 5.83. The SMILES string of the molecule is N#[N+]/C=C(\O)Cc1ccccc1. The summed E-state index contributed by atoms with van der Waals surface area (Å²) in [7, 11) is 0. The van der Waals surface area contributed by atoms with Gasteiger partial charge >= 0.3 is 6.20 Å². The Balaban J connectivity index is 2.66. The Kier molecular flexibility index (Phi) is 2.86. The number of allylic oxidation sites excluding steroid dienone is 1. The molecule has 0 fully saturated rings. The minimum Gasteiger partial charge on any atom is -0.505 e. The number of hydrogen-bond acceptors (Lipinski definition) is 2. The number of nitrogens with zero attached hydrogens (tertiary/aromatic N) is 2. The van der Waals surface area contributed by atoms with Crippen molar-refractivity contribution in [1.29, 1.82) is 5.39 Å². The average molecular weight is 161 g/mol. The Morgan fingerprint density at radius 3 is 2.67 bits per heavy atom. The van der Waals surface area contributed by atoms with E-state index >= 15 is 0 Å². The van der Waals surface area contributed by atoms with E-state index in [9.17, 15) is 0 Å². The fraction of sp³-hybridized carbons (Fsp3) is 0.111. The Bertz CT molecular complexity index is 311. The van der Waals surface area contributed by atoms with Crippen LogP contribution in [-0.2, 0) is 6.42 Å². The van der Waals surface area contributed by atoms with Crippen molar-refractivity contribution in [3.8, 4) is 0 Å². The molecule has 3 heteroatoms. The van der Waals surface area contributed by atoms with Crippen molar-refractivity contribution < 1.29 is 5.11 Å². The number of aliphatic hydroxyl groups excluding tert-OH is 1. The molecule has 0 aliphatic rings. The predicted octanol–water partition coefficient (Wildman–Crippen LogP) is 2.48. The molecule has 0 aromatic heterocycles. The first-order valence-electron chi connectivity index (χ1n) is 3.59. The van der Waals surface area contributed by atoms with E-state index in [4.69, 9.17) is 10.5 Å². The Hall–Kier alpha value is -1.82. The van der Waals surface area contributed by atoms with Crippen molar-refractivity contribution in [3.05, 3.63) is 52.8 Å². The van der Waals surface area contributed by atoms with E-state index in [1.54, 1.807) is 0 Å². The van der Waals surface area contributed by atoms with Crippen LogP contribution in [0.3, 0.4) is 0 Å². The highest BCUT2D eigenvalue weighted by Gasteiger charge is 2.00. The van der Waals surface area contributed by atoms with Gasteiger partial charge in [0.2, 0.25) is 5.39 Å². The van der Waals surface area contributed by atoms with Crippen LogP contribution in [0.15, 0.2) is 42.3 Å².